The summed E-state index contributed by atoms with van der Waals surface area (Å²) in [5.74, 6) is 0.409. The number of nitrogens with zero attached hydrogens (tertiary/aromatic N) is 1. The molecule has 0 saturated heterocycles. The van der Waals surface area contributed by atoms with Crippen LogP contribution in [0.2, 0.25) is 5.02 Å². The van der Waals surface area contributed by atoms with Gasteiger partial charge < -0.3 is 24.3 Å². The van der Waals surface area contributed by atoms with Crippen LogP contribution in [0.4, 0.5) is 5.69 Å². The summed E-state index contributed by atoms with van der Waals surface area (Å²) >= 11 is 10.4. The Labute approximate surface area is 233 Å². The summed E-state index contributed by atoms with van der Waals surface area (Å²) in [6.07, 6.45) is 4.40. The Kier molecular flexibility index (Phi) is 5.37. The third-order valence-corrected chi connectivity index (χ3v) is 9.13. The van der Waals surface area contributed by atoms with E-state index in [1.165, 1.54) is 18.2 Å². The standard InChI is InChI=1S/C30H25BrClNO5/c1-15(34)6-7-17-13-23-28(24(32)26(17)35)37-27-20-5-3-11-33-10-2-4-16(25(20)33)12-22(27)30(23)21-14-18(31)8-9-19(21)29(36)38-30/h8-9,12-14,35H,2-7,10-11H2,1H3. The van der Waals surface area contributed by atoms with E-state index in [9.17, 15) is 14.7 Å². The number of ketones is 1. The summed E-state index contributed by atoms with van der Waals surface area (Å²) in [6, 6.07) is 9.47. The van der Waals surface area contributed by atoms with E-state index in [1.807, 2.05) is 12.1 Å². The molecule has 4 aliphatic heterocycles. The zero-order valence-electron chi connectivity index (χ0n) is 20.8. The predicted molar refractivity (Wildman–Crippen MR) is 147 cm³/mol. The molecule has 4 heterocycles. The minimum Gasteiger partial charge on any atom is -0.506 e. The third kappa shape index (κ3) is 3.24. The fourth-order valence-corrected chi connectivity index (χ4v) is 7.25. The van der Waals surface area contributed by atoms with E-state index in [0.717, 1.165) is 54.4 Å². The summed E-state index contributed by atoms with van der Waals surface area (Å²) < 4.78 is 13.9. The number of anilines is 1. The number of carbonyl (C=O) groups is 2. The third-order valence-electron chi connectivity index (χ3n) is 8.28. The van der Waals surface area contributed by atoms with Crippen LogP contribution in [-0.2, 0) is 34.4 Å². The van der Waals surface area contributed by atoms with Gasteiger partial charge in [-0.2, -0.15) is 0 Å². The Balaban J connectivity index is 1.57. The van der Waals surface area contributed by atoms with Crippen LogP contribution in [0.5, 0.6) is 17.2 Å². The van der Waals surface area contributed by atoms with Gasteiger partial charge in [-0.1, -0.05) is 27.5 Å². The first kappa shape index (κ1) is 24.0. The highest BCUT2D eigenvalue weighted by Gasteiger charge is 2.55. The molecule has 3 aromatic carbocycles. The molecule has 0 aromatic heterocycles. The first-order valence-corrected chi connectivity index (χ1v) is 14.2. The molecule has 4 aliphatic rings. The normalized spacial score (nSPS) is 20.3. The van der Waals surface area contributed by atoms with Crippen molar-refractivity contribution in [3.05, 3.63) is 78.8 Å². The molecule has 0 fully saturated rings. The van der Waals surface area contributed by atoms with Gasteiger partial charge in [-0.25, -0.2) is 4.79 Å². The molecule has 8 heteroatoms. The second-order valence-corrected chi connectivity index (χ2v) is 11.9. The van der Waals surface area contributed by atoms with Crippen molar-refractivity contribution >= 4 is 45.0 Å². The van der Waals surface area contributed by atoms with E-state index in [4.69, 9.17) is 21.1 Å². The minimum absolute atomic E-state index is 0.00593. The van der Waals surface area contributed by atoms with Crippen molar-refractivity contribution in [2.75, 3.05) is 18.0 Å². The average molecular weight is 595 g/mol. The van der Waals surface area contributed by atoms with E-state index in [1.54, 1.807) is 12.1 Å². The SMILES string of the molecule is CC(=O)CCc1cc2c(c(Cl)c1O)Oc1c(cc3c4c1CCCN4CCC3)C21OC(=O)c2ccc(Br)cc21. The molecule has 7 rings (SSSR count). The van der Waals surface area contributed by atoms with Crippen LogP contribution in [-0.4, -0.2) is 29.9 Å². The highest BCUT2D eigenvalue weighted by molar-refractivity contribution is 9.10. The highest BCUT2D eigenvalue weighted by atomic mass is 79.9. The number of phenols is 1. The smallest absolute Gasteiger partial charge is 0.340 e. The maximum absolute atomic E-state index is 13.4. The zero-order chi connectivity index (χ0) is 26.3. The van der Waals surface area contributed by atoms with Gasteiger partial charge in [0.15, 0.2) is 11.4 Å². The molecule has 38 heavy (non-hydrogen) atoms. The van der Waals surface area contributed by atoms with E-state index in [-0.39, 0.29) is 28.7 Å². The number of hydrogen-bond donors (Lipinski definition) is 1. The van der Waals surface area contributed by atoms with E-state index < -0.39 is 11.6 Å². The van der Waals surface area contributed by atoms with Gasteiger partial charge >= 0.3 is 5.97 Å². The Morgan fingerprint density at radius 2 is 1.87 bits per heavy atom. The number of aromatic hydroxyl groups is 1. The van der Waals surface area contributed by atoms with Crippen molar-refractivity contribution < 1.29 is 24.2 Å². The van der Waals surface area contributed by atoms with Crippen molar-refractivity contribution in [2.24, 2.45) is 0 Å². The molecular formula is C30H25BrClNO5. The highest BCUT2D eigenvalue weighted by Crippen LogP contribution is 2.62. The van der Waals surface area contributed by atoms with Crippen molar-refractivity contribution in [1.29, 1.82) is 0 Å². The number of phenolic OH excluding ortho intramolecular Hbond substituents is 1. The van der Waals surface area contributed by atoms with Crippen molar-refractivity contribution in [3.63, 3.8) is 0 Å². The Morgan fingerprint density at radius 3 is 2.66 bits per heavy atom. The fraction of sp³-hybridized carbons (Fsp3) is 0.333. The van der Waals surface area contributed by atoms with Gasteiger partial charge in [0.2, 0.25) is 0 Å². The summed E-state index contributed by atoms with van der Waals surface area (Å²) in [5.41, 5.74) is 5.30. The van der Waals surface area contributed by atoms with Crippen LogP contribution in [0.25, 0.3) is 0 Å². The lowest BCUT2D eigenvalue weighted by Gasteiger charge is -2.43. The molecule has 1 unspecified atom stereocenters. The second-order valence-electron chi connectivity index (χ2n) is 10.6. The first-order valence-electron chi connectivity index (χ1n) is 13.0. The van der Waals surface area contributed by atoms with E-state index in [0.29, 0.717) is 34.4 Å². The molecule has 0 saturated carbocycles. The largest absolute Gasteiger partial charge is 0.506 e. The van der Waals surface area contributed by atoms with Gasteiger partial charge in [0.25, 0.3) is 0 Å². The van der Waals surface area contributed by atoms with Crippen LogP contribution in [0.15, 0.2) is 34.8 Å². The summed E-state index contributed by atoms with van der Waals surface area (Å²) in [4.78, 5) is 27.6. The molecule has 194 valence electrons. The van der Waals surface area contributed by atoms with Gasteiger partial charge in [0.05, 0.1) is 5.56 Å². The van der Waals surface area contributed by atoms with Crippen LogP contribution < -0.4 is 9.64 Å². The van der Waals surface area contributed by atoms with E-state index in [2.05, 4.69) is 26.9 Å². The summed E-state index contributed by atoms with van der Waals surface area (Å²) in [7, 11) is 0. The van der Waals surface area contributed by atoms with Crippen molar-refractivity contribution in [1.82, 2.24) is 0 Å². The number of benzene rings is 3. The number of ether oxygens (including phenoxy) is 2. The molecule has 1 atom stereocenters. The minimum atomic E-state index is -1.30. The monoisotopic (exact) mass is 593 g/mol. The molecule has 0 aliphatic carbocycles. The number of esters is 1. The fourth-order valence-electron chi connectivity index (χ4n) is 6.63. The van der Waals surface area contributed by atoms with Gasteiger partial charge in [0, 0.05) is 51.9 Å². The molecule has 0 radical (unpaired) electrons. The lowest BCUT2D eigenvalue weighted by atomic mass is 9.74. The summed E-state index contributed by atoms with van der Waals surface area (Å²) in [5, 5.41) is 11.1. The van der Waals surface area contributed by atoms with Gasteiger partial charge in [-0.15, -0.1) is 0 Å². The molecular weight excluding hydrogens is 570 g/mol. The maximum atomic E-state index is 13.4. The first-order chi connectivity index (χ1) is 18.3. The average Bonchev–Trinajstić information content (AvgIpc) is 3.18. The number of fused-ring (bicyclic) bond motifs is 7. The lowest BCUT2D eigenvalue weighted by Crippen LogP contribution is -2.38. The van der Waals surface area contributed by atoms with Crippen LogP contribution in [0.1, 0.15) is 69.9 Å². The molecule has 1 spiro atoms. The number of carbonyl (C=O) groups excluding carboxylic acids is 2. The second kappa shape index (κ2) is 8.48. The molecule has 3 aromatic rings. The Bertz CT molecular complexity index is 1580. The van der Waals surface area contributed by atoms with Crippen molar-refractivity contribution in [3.8, 4) is 17.2 Å². The van der Waals surface area contributed by atoms with Gasteiger partial charge in [-0.05, 0) is 80.5 Å². The van der Waals surface area contributed by atoms with E-state index >= 15 is 0 Å². The predicted octanol–water partition coefficient (Wildman–Crippen LogP) is 6.60. The number of rotatable bonds is 3. The van der Waals surface area contributed by atoms with Crippen molar-refractivity contribution in [2.45, 2.75) is 51.0 Å². The van der Waals surface area contributed by atoms with Crippen LogP contribution >= 0.6 is 27.5 Å². The molecule has 0 amide bonds. The number of aryl methyl sites for hydroxylation is 2. The number of hydrogen-bond acceptors (Lipinski definition) is 6. The zero-order valence-corrected chi connectivity index (χ0v) is 23.2. The number of halogens is 2. The maximum Gasteiger partial charge on any atom is 0.340 e. The topological polar surface area (TPSA) is 76.1 Å². The quantitative estimate of drug-likeness (QED) is 0.345. The Morgan fingerprint density at radius 1 is 1.11 bits per heavy atom. The van der Waals surface area contributed by atoms with Crippen LogP contribution in [0, 0.1) is 0 Å². The molecule has 0 bridgehead atoms. The van der Waals surface area contributed by atoms with Crippen LogP contribution in [0.3, 0.4) is 0 Å². The number of Topliss-reactive ketones (excluding diaryl/α,β-unsaturated/α-hetero) is 1. The lowest BCUT2D eigenvalue weighted by molar-refractivity contribution is -0.116. The van der Waals surface area contributed by atoms with Gasteiger partial charge in [0.1, 0.15) is 22.3 Å². The Hall–Kier alpha value is -3.03. The van der Waals surface area contributed by atoms with Gasteiger partial charge in [-0.3, -0.25) is 0 Å². The molecule has 1 N–H and O–H groups in total. The summed E-state index contributed by atoms with van der Waals surface area (Å²) in [6.45, 7) is 3.53. The molecule has 6 nitrogen and oxygen atoms in total.